The molecule has 2 aliphatic heterocycles. The summed E-state index contributed by atoms with van der Waals surface area (Å²) < 4.78 is 5.53. The molecular formula is C26H38N6O3. The normalized spacial score (nSPS) is 25.8. The summed E-state index contributed by atoms with van der Waals surface area (Å²) in [5.74, 6) is 1.20. The van der Waals surface area contributed by atoms with Gasteiger partial charge in [-0.15, -0.1) is 0 Å². The number of carbonyl (C=O) groups is 2. The van der Waals surface area contributed by atoms with E-state index >= 15 is 0 Å². The Morgan fingerprint density at radius 3 is 2.69 bits per heavy atom. The molecule has 2 aromatic rings. The number of para-hydroxylation sites is 1. The van der Waals surface area contributed by atoms with Gasteiger partial charge >= 0.3 is 6.09 Å². The van der Waals surface area contributed by atoms with Crippen molar-refractivity contribution in [3.8, 4) is 0 Å². The zero-order valence-electron chi connectivity index (χ0n) is 21.2. The molecule has 35 heavy (non-hydrogen) atoms. The molecule has 9 nitrogen and oxygen atoms in total. The van der Waals surface area contributed by atoms with Gasteiger partial charge in [-0.05, 0) is 58.1 Å². The highest BCUT2D eigenvalue weighted by Crippen LogP contribution is 2.49. The van der Waals surface area contributed by atoms with Gasteiger partial charge in [0, 0.05) is 45.8 Å². The number of aromatic nitrogens is 2. The number of H-pyrrole nitrogens is 1. The number of amides is 2. The Kier molecular flexibility index (Phi) is 6.25. The second-order valence-electron chi connectivity index (χ2n) is 11.4. The summed E-state index contributed by atoms with van der Waals surface area (Å²) in [5, 5.41) is 0. The number of imidazole rings is 1. The molecule has 190 valence electrons. The van der Waals surface area contributed by atoms with Crippen LogP contribution < -0.4 is 5.73 Å². The fourth-order valence-corrected chi connectivity index (χ4v) is 6.16. The first-order chi connectivity index (χ1) is 16.6. The molecule has 1 aliphatic carbocycles. The molecule has 2 bridgehead atoms. The number of aromatic amines is 1. The third-order valence-electron chi connectivity index (χ3n) is 7.84. The summed E-state index contributed by atoms with van der Waals surface area (Å²) in [4.78, 5) is 39.7. The van der Waals surface area contributed by atoms with Crippen LogP contribution in [-0.2, 0) is 10.3 Å². The summed E-state index contributed by atoms with van der Waals surface area (Å²) in [6.45, 7) is 11.8. The molecule has 2 saturated heterocycles. The van der Waals surface area contributed by atoms with Gasteiger partial charge in [-0.25, -0.2) is 9.78 Å². The molecule has 2 amide bonds. The van der Waals surface area contributed by atoms with Crippen molar-refractivity contribution in [3.05, 3.63) is 29.6 Å². The van der Waals surface area contributed by atoms with Crippen molar-refractivity contribution in [1.82, 2.24) is 24.7 Å². The molecular weight excluding hydrogens is 444 g/mol. The average molecular weight is 483 g/mol. The van der Waals surface area contributed by atoms with Crippen LogP contribution in [0, 0.1) is 5.92 Å². The first-order valence-corrected chi connectivity index (χ1v) is 12.9. The second-order valence-corrected chi connectivity index (χ2v) is 11.4. The molecule has 3 heterocycles. The zero-order chi connectivity index (χ0) is 24.8. The van der Waals surface area contributed by atoms with E-state index in [0.717, 1.165) is 56.9 Å². The topological polar surface area (TPSA) is 108 Å². The van der Waals surface area contributed by atoms with Crippen molar-refractivity contribution < 1.29 is 14.3 Å². The van der Waals surface area contributed by atoms with E-state index in [0.29, 0.717) is 30.1 Å². The standard InChI is InChI=1S/C26H38N6O3/c1-25(2,3)35-24(34)31-13-10-30(11-14-31)12-15-32-17-18-6-5-9-26(32,16-18)23-28-20-8-4-7-19(22(27)33)21(20)29-23/h4,7-8,18H,5-6,9-17H2,1-3H3,(H2,27,33)(H,28,29)/t18-,26+/m1/s1. The largest absolute Gasteiger partial charge is 0.444 e. The Labute approximate surface area is 207 Å². The van der Waals surface area contributed by atoms with Crippen LogP contribution in [0.25, 0.3) is 11.0 Å². The van der Waals surface area contributed by atoms with Crippen LogP contribution in [-0.4, -0.2) is 88.1 Å². The number of rotatable bonds is 5. The summed E-state index contributed by atoms with van der Waals surface area (Å²) in [5.41, 5.74) is 7.06. The molecule has 5 rings (SSSR count). The fraction of sp³-hybridized carbons (Fsp3) is 0.654. The maximum atomic E-state index is 12.4. The minimum absolute atomic E-state index is 0.116. The Morgan fingerprint density at radius 1 is 1.20 bits per heavy atom. The number of hydrogen-bond donors (Lipinski definition) is 2. The number of nitrogens with zero attached hydrogens (tertiary/aromatic N) is 4. The first-order valence-electron chi connectivity index (χ1n) is 12.9. The van der Waals surface area contributed by atoms with E-state index in [9.17, 15) is 9.59 Å². The van der Waals surface area contributed by atoms with E-state index < -0.39 is 11.5 Å². The number of fused-ring (bicyclic) bond motifs is 3. The van der Waals surface area contributed by atoms with Crippen molar-refractivity contribution in [1.29, 1.82) is 0 Å². The predicted molar refractivity (Wildman–Crippen MR) is 134 cm³/mol. The third kappa shape index (κ3) is 4.76. The summed E-state index contributed by atoms with van der Waals surface area (Å²) >= 11 is 0. The van der Waals surface area contributed by atoms with Gasteiger partial charge in [0.25, 0.3) is 5.91 Å². The molecule has 3 N–H and O–H groups in total. The lowest BCUT2D eigenvalue weighted by Crippen LogP contribution is -2.52. The number of ether oxygens (including phenoxy) is 1. The molecule has 1 saturated carbocycles. The minimum Gasteiger partial charge on any atom is -0.444 e. The van der Waals surface area contributed by atoms with Gasteiger partial charge in [0.05, 0.1) is 16.6 Å². The lowest BCUT2D eigenvalue weighted by atomic mass is 9.79. The number of nitrogens with two attached hydrogens (primary N) is 1. The van der Waals surface area contributed by atoms with E-state index in [1.165, 1.54) is 12.8 Å². The van der Waals surface area contributed by atoms with Crippen molar-refractivity contribution in [2.24, 2.45) is 11.7 Å². The molecule has 1 aromatic heterocycles. The Morgan fingerprint density at radius 2 is 1.97 bits per heavy atom. The molecule has 0 unspecified atom stereocenters. The molecule has 0 radical (unpaired) electrons. The van der Waals surface area contributed by atoms with Gasteiger partial charge in [-0.1, -0.05) is 12.5 Å². The highest BCUT2D eigenvalue weighted by molar-refractivity contribution is 6.04. The first kappa shape index (κ1) is 24.1. The maximum absolute atomic E-state index is 12.4. The Balaban J connectivity index is 1.27. The third-order valence-corrected chi connectivity index (χ3v) is 7.84. The second kappa shape index (κ2) is 9.09. The van der Waals surface area contributed by atoms with Crippen molar-refractivity contribution in [2.45, 2.75) is 57.6 Å². The van der Waals surface area contributed by atoms with E-state index in [2.05, 4.69) is 14.8 Å². The monoisotopic (exact) mass is 482 g/mol. The number of piperazine rings is 1. The molecule has 3 fully saturated rings. The SMILES string of the molecule is CC(C)(C)OC(=O)N1CCN(CCN2C[C@@H]3CCC[C@@]2(c2nc4c(C(N)=O)cccc4[nH]2)C3)CC1. The van der Waals surface area contributed by atoms with Gasteiger partial charge in [0.1, 0.15) is 16.9 Å². The van der Waals surface area contributed by atoms with Crippen LogP contribution in [0.5, 0.6) is 0 Å². The number of benzene rings is 1. The Bertz CT molecular complexity index is 1100. The van der Waals surface area contributed by atoms with Gasteiger partial charge in [0.15, 0.2) is 0 Å². The van der Waals surface area contributed by atoms with Crippen LogP contribution >= 0.6 is 0 Å². The van der Waals surface area contributed by atoms with Crippen LogP contribution in [0.4, 0.5) is 4.79 Å². The lowest BCUT2D eigenvalue weighted by molar-refractivity contribution is 0.0126. The molecule has 9 heteroatoms. The molecule has 2 atom stereocenters. The van der Waals surface area contributed by atoms with Crippen LogP contribution in [0.2, 0.25) is 0 Å². The van der Waals surface area contributed by atoms with Gasteiger partial charge in [0.2, 0.25) is 0 Å². The average Bonchev–Trinajstić information content (AvgIpc) is 3.35. The van der Waals surface area contributed by atoms with Crippen molar-refractivity contribution >= 4 is 23.0 Å². The fourth-order valence-electron chi connectivity index (χ4n) is 6.16. The smallest absolute Gasteiger partial charge is 0.410 e. The number of likely N-dealkylation sites (tertiary alicyclic amines) is 1. The van der Waals surface area contributed by atoms with Crippen LogP contribution in [0.3, 0.4) is 0 Å². The molecule has 1 aromatic carbocycles. The summed E-state index contributed by atoms with van der Waals surface area (Å²) in [6, 6.07) is 5.58. The molecule has 3 aliphatic rings. The van der Waals surface area contributed by atoms with Crippen molar-refractivity contribution in [3.63, 3.8) is 0 Å². The van der Waals surface area contributed by atoms with Crippen LogP contribution in [0.1, 0.15) is 62.6 Å². The minimum atomic E-state index is -0.467. The van der Waals surface area contributed by atoms with Gasteiger partial charge in [-0.3, -0.25) is 14.6 Å². The zero-order valence-corrected chi connectivity index (χ0v) is 21.2. The number of primary amides is 1. The van der Waals surface area contributed by atoms with Crippen molar-refractivity contribution in [2.75, 3.05) is 45.8 Å². The summed E-state index contributed by atoms with van der Waals surface area (Å²) in [7, 11) is 0. The highest BCUT2D eigenvalue weighted by atomic mass is 16.6. The van der Waals surface area contributed by atoms with E-state index in [4.69, 9.17) is 15.5 Å². The number of carbonyl (C=O) groups excluding carboxylic acids is 2. The predicted octanol–water partition coefficient (Wildman–Crippen LogP) is 2.92. The Hall–Kier alpha value is -2.65. The van der Waals surface area contributed by atoms with E-state index in [-0.39, 0.29) is 11.6 Å². The number of hydrogen-bond acceptors (Lipinski definition) is 6. The van der Waals surface area contributed by atoms with Crippen LogP contribution in [0.15, 0.2) is 18.2 Å². The quantitative estimate of drug-likeness (QED) is 0.679. The number of nitrogens with one attached hydrogen (secondary N) is 1. The van der Waals surface area contributed by atoms with E-state index in [1.54, 1.807) is 6.07 Å². The highest BCUT2D eigenvalue weighted by Gasteiger charge is 2.50. The molecule has 0 spiro atoms. The summed E-state index contributed by atoms with van der Waals surface area (Å²) in [6.07, 6.45) is 4.41. The van der Waals surface area contributed by atoms with Gasteiger partial charge in [-0.2, -0.15) is 0 Å². The van der Waals surface area contributed by atoms with Gasteiger partial charge < -0.3 is 20.4 Å². The van der Waals surface area contributed by atoms with E-state index in [1.807, 2.05) is 37.8 Å². The lowest BCUT2D eigenvalue weighted by Gasteiger charge is -2.40. The maximum Gasteiger partial charge on any atom is 0.410 e.